The van der Waals surface area contributed by atoms with Crippen molar-refractivity contribution in [3.05, 3.63) is 29.8 Å². The van der Waals surface area contributed by atoms with Crippen LogP contribution >= 0.6 is 0 Å². The van der Waals surface area contributed by atoms with Gasteiger partial charge in [-0.25, -0.2) is 0 Å². The second-order valence-electron chi connectivity index (χ2n) is 4.32. The third-order valence-electron chi connectivity index (χ3n) is 2.67. The molecule has 1 aromatic heterocycles. The summed E-state index contributed by atoms with van der Waals surface area (Å²) < 4.78 is 5.38. The minimum absolute atomic E-state index is 0.281. The predicted molar refractivity (Wildman–Crippen MR) is 79.9 cm³/mol. The molecule has 0 unspecified atom stereocenters. The first-order valence-corrected chi connectivity index (χ1v) is 6.90. The van der Waals surface area contributed by atoms with E-state index >= 15 is 0 Å². The highest BCUT2D eigenvalue weighted by molar-refractivity contribution is 5.59. The molecule has 2 aromatic rings. The van der Waals surface area contributed by atoms with Crippen molar-refractivity contribution in [1.82, 2.24) is 15.0 Å². The zero-order valence-electron chi connectivity index (χ0n) is 12.1. The molecular formula is C15H17N5O. The highest BCUT2D eigenvalue weighted by atomic mass is 16.5. The normalized spacial score (nSPS) is 9.95. The molecule has 1 N–H and O–H groups in total. The Hall–Kier alpha value is -2.68. The maximum Gasteiger partial charge on any atom is 0.321 e. The minimum Gasteiger partial charge on any atom is -0.464 e. The van der Waals surface area contributed by atoms with Crippen LogP contribution in [-0.2, 0) is 0 Å². The van der Waals surface area contributed by atoms with Gasteiger partial charge in [0.15, 0.2) is 5.82 Å². The Morgan fingerprint density at radius 1 is 1.24 bits per heavy atom. The van der Waals surface area contributed by atoms with Gasteiger partial charge in [0.2, 0.25) is 5.95 Å². The second kappa shape index (κ2) is 7.20. The Morgan fingerprint density at radius 2 is 2.10 bits per heavy atom. The number of anilines is 1. The molecule has 0 bridgehead atoms. The Balaban J connectivity index is 2.40. The van der Waals surface area contributed by atoms with Gasteiger partial charge in [-0.05, 0) is 25.5 Å². The Morgan fingerprint density at radius 3 is 2.81 bits per heavy atom. The molecule has 0 aliphatic heterocycles. The maximum absolute atomic E-state index is 8.98. The third-order valence-corrected chi connectivity index (χ3v) is 2.67. The van der Waals surface area contributed by atoms with Crippen molar-refractivity contribution in [3.8, 4) is 23.5 Å². The highest BCUT2D eigenvalue weighted by Gasteiger charge is 2.09. The molecule has 0 fully saturated rings. The fourth-order valence-corrected chi connectivity index (χ4v) is 1.72. The van der Waals surface area contributed by atoms with Crippen LogP contribution in [0.25, 0.3) is 11.4 Å². The number of hydrogen-bond acceptors (Lipinski definition) is 6. The van der Waals surface area contributed by atoms with Crippen LogP contribution in [0.3, 0.4) is 0 Å². The third kappa shape index (κ3) is 3.89. The number of aromatic nitrogens is 3. The van der Waals surface area contributed by atoms with E-state index in [1.54, 1.807) is 18.2 Å². The van der Waals surface area contributed by atoms with Crippen molar-refractivity contribution < 1.29 is 4.74 Å². The van der Waals surface area contributed by atoms with Crippen molar-refractivity contribution >= 4 is 5.95 Å². The highest BCUT2D eigenvalue weighted by Crippen LogP contribution is 2.19. The fourth-order valence-electron chi connectivity index (χ4n) is 1.72. The Labute approximate surface area is 123 Å². The zero-order valence-corrected chi connectivity index (χ0v) is 12.1. The van der Waals surface area contributed by atoms with Gasteiger partial charge in [-0.1, -0.05) is 19.1 Å². The molecule has 108 valence electrons. The van der Waals surface area contributed by atoms with Crippen LogP contribution in [0.5, 0.6) is 6.01 Å². The quantitative estimate of drug-likeness (QED) is 0.877. The summed E-state index contributed by atoms with van der Waals surface area (Å²) in [5.41, 5.74) is 1.32. The smallest absolute Gasteiger partial charge is 0.321 e. The van der Waals surface area contributed by atoms with Gasteiger partial charge in [0, 0.05) is 12.1 Å². The minimum atomic E-state index is 0.281. The van der Waals surface area contributed by atoms with Gasteiger partial charge < -0.3 is 10.1 Å². The first-order chi connectivity index (χ1) is 10.3. The molecule has 0 amide bonds. The lowest BCUT2D eigenvalue weighted by Gasteiger charge is -2.08. The van der Waals surface area contributed by atoms with Crippen LogP contribution in [0.15, 0.2) is 24.3 Å². The summed E-state index contributed by atoms with van der Waals surface area (Å²) >= 11 is 0. The van der Waals surface area contributed by atoms with Gasteiger partial charge >= 0.3 is 6.01 Å². The molecule has 0 spiro atoms. The number of hydrogen-bond donors (Lipinski definition) is 1. The molecule has 1 aromatic carbocycles. The molecule has 6 nitrogen and oxygen atoms in total. The largest absolute Gasteiger partial charge is 0.464 e. The lowest BCUT2D eigenvalue weighted by atomic mass is 10.1. The van der Waals surface area contributed by atoms with Crippen LogP contribution in [0.1, 0.15) is 25.8 Å². The number of nitrogens with one attached hydrogen (secondary N) is 1. The Kier molecular flexibility index (Phi) is 5.04. The van der Waals surface area contributed by atoms with Crippen molar-refractivity contribution in [1.29, 1.82) is 5.26 Å². The molecule has 2 rings (SSSR count). The molecule has 0 aliphatic rings. The molecule has 0 radical (unpaired) electrons. The van der Waals surface area contributed by atoms with Crippen molar-refractivity contribution in [2.45, 2.75) is 20.3 Å². The summed E-state index contributed by atoms with van der Waals surface area (Å²) in [5, 5.41) is 12.1. The van der Waals surface area contributed by atoms with E-state index in [0.29, 0.717) is 23.9 Å². The van der Waals surface area contributed by atoms with Gasteiger partial charge in [-0.15, -0.1) is 0 Å². The molecular weight excluding hydrogens is 266 g/mol. The lowest BCUT2D eigenvalue weighted by molar-refractivity contribution is 0.312. The van der Waals surface area contributed by atoms with Crippen molar-refractivity contribution in [3.63, 3.8) is 0 Å². The topological polar surface area (TPSA) is 83.7 Å². The SMILES string of the molecule is CCCNc1nc(OCC)nc(-c2cccc(C#N)c2)n1. The summed E-state index contributed by atoms with van der Waals surface area (Å²) in [4.78, 5) is 12.9. The molecule has 21 heavy (non-hydrogen) atoms. The molecule has 0 aliphatic carbocycles. The Bertz CT molecular complexity index is 651. The van der Waals surface area contributed by atoms with Gasteiger partial charge in [0.25, 0.3) is 0 Å². The molecule has 0 atom stereocenters. The van der Waals surface area contributed by atoms with Crippen LogP contribution < -0.4 is 10.1 Å². The number of nitriles is 1. The van der Waals surface area contributed by atoms with Gasteiger partial charge in [-0.2, -0.15) is 20.2 Å². The molecule has 0 saturated heterocycles. The van der Waals surface area contributed by atoms with E-state index in [1.165, 1.54) is 0 Å². The average molecular weight is 283 g/mol. The average Bonchev–Trinajstić information content (AvgIpc) is 2.53. The van der Waals surface area contributed by atoms with E-state index in [1.807, 2.05) is 13.0 Å². The van der Waals surface area contributed by atoms with E-state index < -0.39 is 0 Å². The zero-order chi connectivity index (χ0) is 15.1. The van der Waals surface area contributed by atoms with Crippen LogP contribution in [0.4, 0.5) is 5.95 Å². The van der Waals surface area contributed by atoms with E-state index in [-0.39, 0.29) is 6.01 Å². The first-order valence-electron chi connectivity index (χ1n) is 6.90. The van der Waals surface area contributed by atoms with Gasteiger partial charge in [0.1, 0.15) is 0 Å². The van der Waals surface area contributed by atoms with E-state index in [4.69, 9.17) is 10.00 Å². The summed E-state index contributed by atoms with van der Waals surface area (Å²) in [6, 6.07) is 9.53. The van der Waals surface area contributed by atoms with Gasteiger partial charge in [0.05, 0.1) is 18.2 Å². The second-order valence-corrected chi connectivity index (χ2v) is 4.32. The predicted octanol–water partition coefficient (Wildman–Crippen LogP) is 2.63. The number of nitrogens with zero attached hydrogens (tertiary/aromatic N) is 4. The van der Waals surface area contributed by atoms with Gasteiger partial charge in [-0.3, -0.25) is 0 Å². The molecule has 1 heterocycles. The first kappa shape index (κ1) is 14.7. The van der Waals surface area contributed by atoms with E-state index in [0.717, 1.165) is 18.5 Å². The molecule has 6 heteroatoms. The van der Waals surface area contributed by atoms with Crippen molar-refractivity contribution in [2.75, 3.05) is 18.5 Å². The van der Waals surface area contributed by atoms with Crippen LogP contribution in [0, 0.1) is 11.3 Å². The monoisotopic (exact) mass is 283 g/mol. The van der Waals surface area contributed by atoms with Crippen LogP contribution in [0.2, 0.25) is 0 Å². The number of ether oxygens (including phenoxy) is 1. The summed E-state index contributed by atoms with van der Waals surface area (Å²) in [5.74, 6) is 0.969. The molecule has 0 saturated carbocycles. The summed E-state index contributed by atoms with van der Waals surface area (Å²) in [6.45, 7) is 5.19. The van der Waals surface area contributed by atoms with Crippen molar-refractivity contribution in [2.24, 2.45) is 0 Å². The van der Waals surface area contributed by atoms with E-state index in [2.05, 4.69) is 33.3 Å². The standard InChI is InChI=1S/C15H17N5O/c1-3-8-17-14-18-13(19-15(20-14)21-4-2)12-7-5-6-11(9-12)10-16/h5-7,9H,3-4,8H2,1-2H3,(H,17,18,19,20). The fraction of sp³-hybridized carbons (Fsp3) is 0.333. The number of rotatable bonds is 6. The summed E-state index contributed by atoms with van der Waals surface area (Å²) in [7, 11) is 0. The summed E-state index contributed by atoms with van der Waals surface area (Å²) in [6.07, 6.45) is 0.967. The number of benzene rings is 1. The van der Waals surface area contributed by atoms with Crippen LogP contribution in [-0.4, -0.2) is 28.1 Å². The lowest BCUT2D eigenvalue weighted by Crippen LogP contribution is -2.08. The maximum atomic E-state index is 8.98. The van der Waals surface area contributed by atoms with E-state index in [9.17, 15) is 0 Å².